The summed E-state index contributed by atoms with van der Waals surface area (Å²) in [4.78, 5) is 0.121. The van der Waals surface area contributed by atoms with E-state index in [0.717, 1.165) is 11.3 Å². The topological polar surface area (TPSA) is 92.7 Å². The number of hydrogen-bond acceptors (Lipinski definition) is 4. The summed E-state index contributed by atoms with van der Waals surface area (Å²) in [6.45, 7) is 3.67. The second-order valence-corrected chi connectivity index (χ2v) is 5.80. The number of nitrogens with one attached hydrogen (secondary N) is 2. The Balaban J connectivity index is 2.22. The van der Waals surface area contributed by atoms with Crippen molar-refractivity contribution in [3.63, 3.8) is 0 Å². The Morgan fingerprint density at radius 1 is 1.44 bits per heavy atom. The molecule has 2 aromatic heterocycles. The zero-order valence-corrected chi connectivity index (χ0v) is 11.2. The molecule has 0 radical (unpaired) electrons. The molecule has 7 nitrogen and oxygen atoms in total. The van der Waals surface area contributed by atoms with Crippen LogP contribution in [0.1, 0.15) is 24.2 Å². The van der Waals surface area contributed by atoms with E-state index in [-0.39, 0.29) is 10.9 Å². The summed E-state index contributed by atoms with van der Waals surface area (Å²) in [6.07, 6.45) is 4.27. The standard InChI is InChI=1S/C10H15N5O2S/c1-7(10-6-13-15(3)8(10)2)14-18(16,17)9-4-11-12-5-9/h4-7,14H,1-3H3,(H,11,12). The molecule has 0 amide bonds. The first-order valence-corrected chi connectivity index (χ1v) is 6.89. The van der Waals surface area contributed by atoms with Crippen molar-refractivity contribution in [1.82, 2.24) is 24.7 Å². The van der Waals surface area contributed by atoms with Gasteiger partial charge in [0.25, 0.3) is 0 Å². The normalized spacial score (nSPS) is 13.7. The number of hydrogen-bond donors (Lipinski definition) is 2. The minimum atomic E-state index is -3.55. The van der Waals surface area contributed by atoms with E-state index in [2.05, 4.69) is 20.0 Å². The van der Waals surface area contributed by atoms with Gasteiger partial charge in [-0.25, -0.2) is 13.1 Å². The zero-order valence-electron chi connectivity index (χ0n) is 10.4. The lowest BCUT2D eigenvalue weighted by atomic mass is 10.1. The molecule has 2 N–H and O–H groups in total. The SMILES string of the molecule is Cc1c(C(C)NS(=O)(=O)c2cn[nH]c2)cnn1C. The van der Waals surface area contributed by atoms with Gasteiger partial charge in [0.15, 0.2) is 0 Å². The molecule has 0 aliphatic heterocycles. The van der Waals surface area contributed by atoms with Crippen LogP contribution in [0.4, 0.5) is 0 Å². The van der Waals surface area contributed by atoms with Crippen LogP contribution >= 0.6 is 0 Å². The van der Waals surface area contributed by atoms with E-state index >= 15 is 0 Å². The molecular weight excluding hydrogens is 254 g/mol. The molecule has 1 unspecified atom stereocenters. The third-order valence-corrected chi connectivity index (χ3v) is 4.36. The van der Waals surface area contributed by atoms with Gasteiger partial charge < -0.3 is 0 Å². The molecule has 0 bridgehead atoms. The van der Waals surface area contributed by atoms with Crippen molar-refractivity contribution in [2.75, 3.05) is 0 Å². The van der Waals surface area contributed by atoms with Crippen molar-refractivity contribution < 1.29 is 8.42 Å². The van der Waals surface area contributed by atoms with Crippen LogP contribution in [-0.4, -0.2) is 28.4 Å². The summed E-state index contributed by atoms with van der Waals surface area (Å²) in [5.74, 6) is 0. The van der Waals surface area contributed by atoms with E-state index in [1.807, 2.05) is 14.0 Å². The molecule has 0 aliphatic carbocycles. The minimum Gasteiger partial charge on any atom is -0.284 e. The lowest BCUT2D eigenvalue weighted by Crippen LogP contribution is -2.26. The Morgan fingerprint density at radius 2 is 2.17 bits per heavy atom. The summed E-state index contributed by atoms with van der Waals surface area (Å²) >= 11 is 0. The monoisotopic (exact) mass is 269 g/mol. The van der Waals surface area contributed by atoms with Crippen LogP contribution in [0.15, 0.2) is 23.5 Å². The van der Waals surface area contributed by atoms with E-state index < -0.39 is 10.0 Å². The fraction of sp³-hybridized carbons (Fsp3) is 0.400. The highest BCUT2D eigenvalue weighted by molar-refractivity contribution is 7.89. The molecule has 0 saturated heterocycles. The maximum Gasteiger partial charge on any atom is 0.244 e. The number of rotatable bonds is 4. The number of nitrogens with zero attached hydrogens (tertiary/aromatic N) is 3. The van der Waals surface area contributed by atoms with Crippen LogP contribution in [0.3, 0.4) is 0 Å². The molecule has 8 heteroatoms. The zero-order chi connectivity index (χ0) is 13.3. The van der Waals surface area contributed by atoms with Crippen molar-refractivity contribution >= 4 is 10.0 Å². The average molecular weight is 269 g/mol. The van der Waals surface area contributed by atoms with Gasteiger partial charge in [-0.3, -0.25) is 9.78 Å². The van der Waals surface area contributed by atoms with Crippen LogP contribution in [-0.2, 0) is 17.1 Å². The molecule has 1 atom stereocenters. The highest BCUT2D eigenvalue weighted by atomic mass is 32.2. The van der Waals surface area contributed by atoms with Crippen LogP contribution in [0.5, 0.6) is 0 Å². The molecule has 2 heterocycles. The minimum absolute atomic E-state index is 0.121. The van der Waals surface area contributed by atoms with Gasteiger partial charge >= 0.3 is 0 Å². The van der Waals surface area contributed by atoms with Crippen molar-refractivity contribution in [3.05, 3.63) is 29.8 Å². The number of aromatic amines is 1. The predicted octanol–water partition coefficient (Wildman–Crippen LogP) is 0.491. The second-order valence-electron chi connectivity index (χ2n) is 4.09. The smallest absolute Gasteiger partial charge is 0.244 e. The number of aryl methyl sites for hydroxylation is 1. The second kappa shape index (κ2) is 4.54. The lowest BCUT2D eigenvalue weighted by molar-refractivity contribution is 0.566. The van der Waals surface area contributed by atoms with Gasteiger partial charge in [0.2, 0.25) is 10.0 Å². The third kappa shape index (κ3) is 2.29. The Bertz CT molecular complexity index is 629. The molecule has 0 aliphatic rings. The summed E-state index contributed by atoms with van der Waals surface area (Å²) in [5.41, 5.74) is 1.78. The quantitative estimate of drug-likeness (QED) is 0.845. The maximum absolute atomic E-state index is 12.0. The van der Waals surface area contributed by atoms with Gasteiger partial charge in [-0.2, -0.15) is 10.2 Å². The maximum atomic E-state index is 12.0. The molecule has 0 spiro atoms. The Kier molecular flexibility index (Phi) is 3.22. The van der Waals surface area contributed by atoms with E-state index in [4.69, 9.17) is 0 Å². The number of sulfonamides is 1. The first-order valence-electron chi connectivity index (χ1n) is 5.41. The van der Waals surface area contributed by atoms with Crippen LogP contribution in [0, 0.1) is 6.92 Å². The fourth-order valence-corrected chi connectivity index (χ4v) is 2.82. The van der Waals surface area contributed by atoms with Crippen molar-refractivity contribution in [1.29, 1.82) is 0 Å². The van der Waals surface area contributed by atoms with Gasteiger partial charge in [-0.15, -0.1) is 0 Å². The van der Waals surface area contributed by atoms with E-state index in [9.17, 15) is 8.42 Å². The van der Waals surface area contributed by atoms with Crippen LogP contribution < -0.4 is 4.72 Å². The van der Waals surface area contributed by atoms with Crippen LogP contribution in [0.2, 0.25) is 0 Å². The van der Waals surface area contributed by atoms with E-state index in [0.29, 0.717) is 0 Å². The average Bonchev–Trinajstić information content (AvgIpc) is 2.90. The lowest BCUT2D eigenvalue weighted by Gasteiger charge is -2.13. The molecular formula is C10H15N5O2S. The van der Waals surface area contributed by atoms with Gasteiger partial charge in [-0.1, -0.05) is 0 Å². The van der Waals surface area contributed by atoms with Crippen molar-refractivity contribution in [2.24, 2.45) is 7.05 Å². The van der Waals surface area contributed by atoms with E-state index in [1.165, 1.54) is 12.4 Å². The summed E-state index contributed by atoms with van der Waals surface area (Å²) in [5, 5.41) is 10.2. The van der Waals surface area contributed by atoms with Gasteiger partial charge in [0.1, 0.15) is 4.90 Å². The molecule has 98 valence electrons. The van der Waals surface area contributed by atoms with Gasteiger partial charge in [0.05, 0.1) is 12.4 Å². The fourth-order valence-electron chi connectivity index (χ4n) is 1.69. The third-order valence-electron chi connectivity index (χ3n) is 2.86. The summed E-state index contributed by atoms with van der Waals surface area (Å²) in [7, 11) is -1.74. The van der Waals surface area contributed by atoms with Gasteiger partial charge in [-0.05, 0) is 13.8 Å². The highest BCUT2D eigenvalue weighted by Crippen LogP contribution is 2.18. The molecule has 2 rings (SSSR count). The Hall–Kier alpha value is -1.67. The molecule has 18 heavy (non-hydrogen) atoms. The first kappa shape index (κ1) is 12.8. The summed E-state index contributed by atoms with van der Waals surface area (Å²) < 4.78 is 28.3. The summed E-state index contributed by atoms with van der Waals surface area (Å²) in [6, 6.07) is -0.349. The first-order chi connectivity index (χ1) is 8.42. The molecule has 0 saturated carbocycles. The Morgan fingerprint density at radius 3 is 2.67 bits per heavy atom. The number of aromatic nitrogens is 4. The Labute approximate surface area is 105 Å². The van der Waals surface area contributed by atoms with Crippen molar-refractivity contribution in [2.45, 2.75) is 24.8 Å². The van der Waals surface area contributed by atoms with E-state index in [1.54, 1.807) is 17.8 Å². The van der Waals surface area contributed by atoms with Crippen molar-refractivity contribution in [3.8, 4) is 0 Å². The number of H-pyrrole nitrogens is 1. The predicted molar refractivity (Wildman–Crippen MR) is 65.3 cm³/mol. The highest BCUT2D eigenvalue weighted by Gasteiger charge is 2.21. The largest absolute Gasteiger partial charge is 0.284 e. The molecule has 0 aromatic carbocycles. The molecule has 2 aromatic rings. The van der Waals surface area contributed by atoms with Crippen LogP contribution in [0.25, 0.3) is 0 Å². The van der Waals surface area contributed by atoms with Gasteiger partial charge in [0, 0.05) is 30.5 Å². The molecule has 0 fully saturated rings.